The third-order valence-corrected chi connectivity index (χ3v) is 0.962. The van der Waals surface area contributed by atoms with Crippen LogP contribution in [0.4, 0.5) is 0 Å². The first-order valence-electron chi connectivity index (χ1n) is 2.14. The maximum atomic E-state index is 3.68. The van der Waals surface area contributed by atoms with Crippen molar-refractivity contribution >= 4 is 0 Å². The van der Waals surface area contributed by atoms with Crippen LogP contribution in [0.3, 0.4) is 0 Å². The molecule has 0 nitrogen and oxygen atoms in total. The summed E-state index contributed by atoms with van der Waals surface area (Å²) in [6.07, 6.45) is 1.97. The van der Waals surface area contributed by atoms with E-state index in [-0.39, 0.29) is 0 Å². The number of hydrogen-bond donors (Lipinski definition) is 0. The quantitative estimate of drug-likeness (QED) is 0.462. The Labute approximate surface area is 43.9 Å². The Morgan fingerprint density at radius 2 is 2.00 bits per heavy atom. The fraction of sp³-hybridized carbons (Fsp3) is 0. The average molecular weight is 91.1 g/mol. The lowest BCUT2D eigenvalue weighted by Gasteiger charge is -1.80. The molecule has 7 heavy (non-hydrogen) atoms. The van der Waals surface area contributed by atoms with Crippen molar-refractivity contribution in [3.8, 4) is 0 Å². The largest absolute Gasteiger partial charge is 0.0952 e. The second-order valence-electron chi connectivity index (χ2n) is 1.69. The minimum atomic E-state index is 0.880. The molecular formula is C7H7. The minimum absolute atomic E-state index is 0.880. The Balaban J connectivity index is 2.64. The van der Waals surface area contributed by atoms with Crippen LogP contribution in [0.25, 0.3) is 0 Å². The van der Waals surface area contributed by atoms with E-state index in [9.17, 15) is 0 Å². The summed E-state index contributed by atoms with van der Waals surface area (Å²) in [4.78, 5) is 0. The Morgan fingerprint density at radius 1 is 1.57 bits per heavy atom. The van der Waals surface area contributed by atoms with Gasteiger partial charge in [0, 0.05) is 0 Å². The molecule has 1 rings (SSSR count). The molecule has 0 atom stereocenters. The van der Waals surface area contributed by atoms with Crippen molar-refractivity contribution in [2.24, 2.45) is 0 Å². The van der Waals surface area contributed by atoms with Gasteiger partial charge in [0.25, 0.3) is 0 Å². The van der Waals surface area contributed by atoms with E-state index in [1.165, 1.54) is 0 Å². The van der Waals surface area contributed by atoms with Gasteiger partial charge in [-0.25, -0.2) is 0 Å². The van der Waals surface area contributed by atoms with E-state index in [0.29, 0.717) is 0 Å². The van der Waals surface area contributed by atoms with Crippen LogP contribution in [-0.4, -0.2) is 0 Å². The normalized spacial score (nSPS) is 16.1. The highest BCUT2D eigenvalue weighted by Gasteiger charge is 2.12. The predicted molar refractivity (Wildman–Crippen MR) is 31.7 cm³/mol. The Hall–Kier alpha value is -0.780. The number of rotatable bonds is 1. The van der Waals surface area contributed by atoms with E-state index in [2.05, 4.69) is 20.1 Å². The van der Waals surface area contributed by atoms with Crippen molar-refractivity contribution < 1.29 is 0 Å². The second kappa shape index (κ2) is 1.09. The van der Waals surface area contributed by atoms with Gasteiger partial charge in [-0.05, 0) is 29.7 Å². The van der Waals surface area contributed by atoms with E-state index in [1.807, 2.05) is 6.08 Å². The Kier molecular flexibility index (Phi) is 0.684. The fourth-order valence-corrected chi connectivity index (χ4v) is 0.467. The molecule has 0 fully saturated rings. The molecule has 0 aromatic carbocycles. The molecule has 0 spiro atoms. The zero-order valence-electron chi connectivity index (χ0n) is 4.20. The second-order valence-corrected chi connectivity index (χ2v) is 1.69. The molecule has 0 aromatic rings. The van der Waals surface area contributed by atoms with Gasteiger partial charge in [-0.15, -0.1) is 0 Å². The fourth-order valence-electron chi connectivity index (χ4n) is 0.467. The first-order valence-corrected chi connectivity index (χ1v) is 2.14. The molecular weight excluding hydrogens is 84.1 g/mol. The van der Waals surface area contributed by atoms with Gasteiger partial charge in [-0.2, -0.15) is 0 Å². The molecule has 0 bridgehead atoms. The molecule has 0 aromatic heterocycles. The van der Waals surface area contributed by atoms with Crippen molar-refractivity contribution in [2.45, 2.75) is 0 Å². The van der Waals surface area contributed by atoms with Gasteiger partial charge in [0.1, 0.15) is 0 Å². The van der Waals surface area contributed by atoms with Crippen molar-refractivity contribution in [2.75, 3.05) is 0 Å². The lowest BCUT2D eigenvalue weighted by Crippen LogP contribution is -1.62. The summed E-state index contributed by atoms with van der Waals surface area (Å²) in [7, 11) is 0. The molecule has 35 valence electrons. The van der Waals surface area contributed by atoms with Crippen molar-refractivity contribution in [1.82, 2.24) is 0 Å². The van der Waals surface area contributed by atoms with Crippen LogP contribution >= 0.6 is 0 Å². The first kappa shape index (κ1) is 4.38. The van der Waals surface area contributed by atoms with Gasteiger partial charge in [0.15, 0.2) is 0 Å². The smallest absolute Gasteiger partial charge is 0.0157 e. The number of hydrogen-bond acceptors (Lipinski definition) is 0. The Bertz CT molecular complexity index is 159. The monoisotopic (exact) mass is 91.1 g/mol. The molecule has 1 aliphatic rings. The molecule has 0 amide bonds. The van der Waals surface area contributed by atoms with E-state index in [1.54, 1.807) is 0 Å². The van der Waals surface area contributed by atoms with Crippen LogP contribution in [-0.2, 0) is 0 Å². The third kappa shape index (κ3) is 0.637. The molecule has 0 unspecified atom stereocenters. The molecule has 0 heteroatoms. The van der Waals surface area contributed by atoms with E-state index < -0.39 is 0 Å². The highest BCUT2D eigenvalue weighted by molar-refractivity contribution is 5.65. The molecule has 0 heterocycles. The maximum absolute atomic E-state index is 3.68. The van der Waals surface area contributed by atoms with Crippen LogP contribution in [0.15, 0.2) is 36.0 Å². The van der Waals surface area contributed by atoms with Crippen LogP contribution < -0.4 is 0 Å². The summed E-state index contributed by atoms with van der Waals surface area (Å²) in [6, 6.07) is 0. The van der Waals surface area contributed by atoms with Crippen molar-refractivity contribution in [3.63, 3.8) is 0 Å². The maximum Gasteiger partial charge on any atom is -0.0157 e. The van der Waals surface area contributed by atoms with Gasteiger partial charge in [0.2, 0.25) is 0 Å². The van der Waals surface area contributed by atoms with Gasteiger partial charge in [-0.1, -0.05) is 13.2 Å². The number of allylic oxidation sites excluding steroid dienone is 4. The van der Waals surface area contributed by atoms with Crippen LogP contribution in [0.5, 0.6) is 0 Å². The van der Waals surface area contributed by atoms with Gasteiger partial charge in [0.05, 0.1) is 0 Å². The Morgan fingerprint density at radius 3 is 2.00 bits per heavy atom. The van der Waals surface area contributed by atoms with Gasteiger partial charge >= 0.3 is 0 Å². The summed E-state index contributed by atoms with van der Waals surface area (Å²) < 4.78 is 0. The summed E-state index contributed by atoms with van der Waals surface area (Å²) >= 11 is 0. The summed E-state index contributed by atoms with van der Waals surface area (Å²) in [6.45, 7) is 10.9. The molecule has 1 aliphatic carbocycles. The summed E-state index contributed by atoms with van der Waals surface area (Å²) in [5.74, 6) is 0. The van der Waals surface area contributed by atoms with Gasteiger partial charge < -0.3 is 0 Å². The average Bonchev–Trinajstić information content (AvgIpc) is 2.17. The molecule has 0 saturated carbocycles. The summed E-state index contributed by atoms with van der Waals surface area (Å²) in [5.41, 5.74) is 3.10. The van der Waals surface area contributed by atoms with E-state index in [4.69, 9.17) is 0 Å². The van der Waals surface area contributed by atoms with Crippen LogP contribution in [0.1, 0.15) is 0 Å². The van der Waals surface area contributed by atoms with E-state index >= 15 is 0 Å². The lowest BCUT2D eigenvalue weighted by atomic mass is 10.2. The van der Waals surface area contributed by atoms with E-state index in [0.717, 1.165) is 16.7 Å². The molecule has 0 N–H and O–H groups in total. The van der Waals surface area contributed by atoms with Crippen molar-refractivity contribution in [1.29, 1.82) is 0 Å². The topological polar surface area (TPSA) is 0 Å². The SMILES string of the molecule is [CH2]C(=C)C1=CC1=C. The standard InChI is InChI=1S/C7H7/c1-5(2)7-4-6(7)3/h4H,1-3H2. The highest BCUT2D eigenvalue weighted by atomic mass is 14.2. The molecule has 0 aliphatic heterocycles. The van der Waals surface area contributed by atoms with Crippen LogP contribution in [0, 0.1) is 6.92 Å². The lowest BCUT2D eigenvalue weighted by molar-refractivity contribution is 1.71. The molecule has 0 saturated heterocycles. The molecule has 1 radical (unpaired) electrons. The zero-order valence-corrected chi connectivity index (χ0v) is 4.20. The van der Waals surface area contributed by atoms with Crippen molar-refractivity contribution in [3.05, 3.63) is 42.9 Å². The third-order valence-electron chi connectivity index (χ3n) is 0.962. The predicted octanol–water partition coefficient (Wildman–Crippen LogP) is 1.87. The summed E-state index contributed by atoms with van der Waals surface area (Å²) in [5, 5.41) is 0. The van der Waals surface area contributed by atoms with Gasteiger partial charge in [-0.3, -0.25) is 0 Å². The zero-order chi connectivity index (χ0) is 5.44. The van der Waals surface area contributed by atoms with Crippen LogP contribution in [0.2, 0.25) is 0 Å². The minimum Gasteiger partial charge on any atom is -0.0952 e. The first-order chi connectivity index (χ1) is 3.22. The highest BCUT2D eigenvalue weighted by Crippen LogP contribution is 2.30.